The summed E-state index contributed by atoms with van der Waals surface area (Å²) in [7, 11) is 0. The number of hydrogen-bond acceptors (Lipinski definition) is 2. The average molecular weight is 343 g/mol. The van der Waals surface area contributed by atoms with Crippen LogP contribution in [-0.2, 0) is 6.42 Å². The van der Waals surface area contributed by atoms with E-state index in [4.69, 9.17) is 28.3 Å². The van der Waals surface area contributed by atoms with E-state index in [0.717, 1.165) is 36.8 Å². The molecule has 0 saturated carbocycles. The van der Waals surface area contributed by atoms with E-state index in [2.05, 4.69) is 5.32 Å². The maximum atomic E-state index is 12.4. The fourth-order valence-electron chi connectivity index (χ4n) is 3.34. The van der Waals surface area contributed by atoms with Gasteiger partial charge in [0.15, 0.2) is 0 Å². The molecule has 1 aliphatic heterocycles. The first-order valence-electron chi connectivity index (χ1n) is 7.73. The summed E-state index contributed by atoms with van der Waals surface area (Å²) >= 11 is 12.3. The number of carbonyl (C=O) groups is 1. The van der Waals surface area contributed by atoms with Gasteiger partial charge in [-0.3, -0.25) is 0 Å². The van der Waals surface area contributed by atoms with Crippen molar-refractivity contribution >= 4 is 29.2 Å². The van der Waals surface area contributed by atoms with Crippen LogP contribution < -0.4 is 5.32 Å². The third-order valence-corrected chi connectivity index (χ3v) is 5.59. The molecule has 6 heteroatoms. The molecule has 22 heavy (non-hydrogen) atoms. The Kier molecular flexibility index (Phi) is 4.81. The highest BCUT2D eigenvalue weighted by Crippen LogP contribution is 2.39. The number of amides is 2. The monoisotopic (exact) mass is 342 g/mol. The third-order valence-electron chi connectivity index (χ3n) is 4.75. The molecule has 1 heterocycles. The molecule has 0 bridgehead atoms. The van der Waals surface area contributed by atoms with Gasteiger partial charge in [0.05, 0.1) is 16.1 Å². The van der Waals surface area contributed by atoms with Crippen LogP contribution in [0, 0.1) is 5.92 Å². The molecule has 1 fully saturated rings. The van der Waals surface area contributed by atoms with E-state index in [-0.39, 0.29) is 18.7 Å². The Bertz CT molecular complexity index is 572. The van der Waals surface area contributed by atoms with Gasteiger partial charge in [0.25, 0.3) is 0 Å². The third kappa shape index (κ3) is 3.05. The van der Waals surface area contributed by atoms with Gasteiger partial charge in [0, 0.05) is 19.7 Å². The highest BCUT2D eigenvalue weighted by molar-refractivity contribution is 6.42. The highest BCUT2D eigenvalue weighted by Gasteiger charge is 2.29. The fourth-order valence-corrected chi connectivity index (χ4v) is 3.78. The zero-order chi connectivity index (χ0) is 15.7. The molecule has 1 aliphatic carbocycles. The molecule has 3 rings (SSSR count). The molecule has 1 aromatic carbocycles. The molecule has 0 aromatic heterocycles. The molecular formula is C16H20Cl2N2O2. The quantitative estimate of drug-likeness (QED) is 0.865. The molecule has 1 aromatic rings. The van der Waals surface area contributed by atoms with Crippen molar-refractivity contribution in [2.24, 2.45) is 5.92 Å². The van der Waals surface area contributed by atoms with Crippen LogP contribution in [-0.4, -0.2) is 35.7 Å². The number of halogens is 2. The summed E-state index contributed by atoms with van der Waals surface area (Å²) in [4.78, 5) is 14.2. The number of hydrogen-bond donors (Lipinski definition) is 2. The number of nitrogens with one attached hydrogen (secondary N) is 1. The second-order valence-corrected chi connectivity index (χ2v) is 6.87. The Hall–Kier alpha value is -0.970. The summed E-state index contributed by atoms with van der Waals surface area (Å²) in [6.07, 6.45) is 3.43. The second kappa shape index (κ2) is 6.65. The number of likely N-dealkylation sites (tertiary alicyclic amines) is 1. The highest BCUT2D eigenvalue weighted by atomic mass is 35.5. The normalized spacial score (nSPS) is 21.8. The lowest BCUT2D eigenvalue weighted by Gasteiger charge is -2.32. The van der Waals surface area contributed by atoms with Crippen molar-refractivity contribution in [3.05, 3.63) is 33.3 Å². The minimum absolute atomic E-state index is 0.00725. The summed E-state index contributed by atoms with van der Waals surface area (Å²) in [6.45, 7) is 1.63. The van der Waals surface area contributed by atoms with Gasteiger partial charge in [-0.15, -0.1) is 0 Å². The molecule has 2 amide bonds. The number of aliphatic hydroxyl groups excluding tert-OH is 1. The van der Waals surface area contributed by atoms with Gasteiger partial charge in [0.2, 0.25) is 0 Å². The zero-order valence-corrected chi connectivity index (χ0v) is 13.8. The molecule has 4 nitrogen and oxygen atoms in total. The summed E-state index contributed by atoms with van der Waals surface area (Å²) in [5.41, 5.74) is 2.13. The number of rotatable bonds is 2. The van der Waals surface area contributed by atoms with Crippen LogP contribution in [0.4, 0.5) is 4.79 Å². The van der Waals surface area contributed by atoms with Crippen LogP contribution in [0.15, 0.2) is 12.1 Å². The maximum Gasteiger partial charge on any atom is 0.317 e. The van der Waals surface area contributed by atoms with Crippen molar-refractivity contribution < 1.29 is 9.90 Å². The molecule has 0 radical (unpaired) electrons. The molecule has 2 N–H and O–H groups in total. The number of piperidine rings is 1. The van der Waals surface area contributed by atoms with Crippen molar-refractivity contribution in [1.29, 1.82) is 0 Å². The van der Waals surface area contributed by atoms with Crippen molar-refractivity contribution in [2.45, 2.75) is 31.7 Å². The van der Waals surface area contributed by atoms with Gasteiger partial charge in [-0.2, -0.15) is 0 Å². The molecule has 1 unspecified atom stereocenters. The van der Waals surface area contributed by atoms with E-state index in [1.807, 2.05) is 11.0 Å². The van der Waals surface area contributed by atoms with E-state index in [0.29, 0.717) is 29.1 Å². The standard InChI is InChI=1S/C16H20Cl2N2O2/c17-13-3-1-11-12(15(13)18)2-4-14(11)19-16(22)20-7-5-10(9-21)6-8-20/h1,3,10,14,21H,2,4-9H2,(H,19,22). The number of fused-ring (bicyclic) bond motifs is 1. The first-order chi connectivity index (χ1) is 10.6. The fraction of sp³-hybridized carbons (Fsp3) is 0.562. The second-order valence-electron chi connectivity index (χ2n) is 6.08. The number of benzene rings is 1. The number of aliphatic hydroxyl groups is 1. The summed E-state index contributed by atoms with van der Waals surface area (Å²) < 4.78 is 0. The van der Waals surface area contributed by atoms with Crippen molar-refractivity contribution in [2.75, 3.05) is 19.7 Å². The van der Waals surface area contributed by atoms with Gasteiger partial charge < -0.3 is 15.3 Å². The smallest absolute Gasteiger partial charge is 0.317 e. The van der Waals surface area contributed by atoms with Crippen LogP contribution in [0.1, 0.15) is 36.4 Å². The molecule has 2 aliphatic rings. The Morgan fingerprint density at radius 1 is 1.27 bits per heavy atom. The molecule has 120 valence electrons. The Morgan fingerprint density at radius 2 is 2.00 bits per heavy atom. The van der Waals surface area contributed by atoms with Crippen molar-refractivity contribution in [1.82, 2.24) is 10.2 Å². The van der Waals surface area contributed by atoms with Gasteiger partial charge >= 0.3 is 6.03 Å². The SMILES string of the molecule is O=C(NC1CCc2c1ccc(Cl)c2Cl)N1CCC(CO)CC1. The zero-order valence-electron chi connectivity index (χ0n) is 12.3. The van der Waals surface area contributed by atoms with Crippen LogP contribution in [0.2, 0.25) is 10.0 Å². The van der Waals surface area contributed by atoms with E-state index in [9.17, 15) is 4.79 Å². The Morgan fingerprint density at radius 3 is 2.68 bits per heavy atom. The Balaban J connectivity index is 1.64. The van der Waals surface area contributed by atoms with Gasteiger partial charge in [-0.1, -0.05) is 29.3 Å². The van der Waals surface area contributed by atoms with Crippen LogP contribution in [0.25, 0.3) is 0 Å². The lowest BCUT2D eigenvalue weighted by molar-refractivity contribution is 0.135. The lowest BCUT2D eigenvalue weighted by atomic mass is 9.98. The van der Waals surface area contributed by atoms with Crippen molar-refractivity contribution in [3.8, 4) is 0 Å². The van der Waals surface area contributed by atoms with E-state index < -0.39 is 0 Å². The van der Waals surface area contributed by atoms with Gasteiger partial charge in [-0.25, -0.2) is 4.79 Å². The molecular weight excluding hydrogens is 323 g/mol. The minimum Gasteiger partial charge on any atom is -0.396 e. The van der Waals surface area contributed by atoms with E-state index in [1.54, 1.807) is 6.07 Å². The first-order valence-corrected chi connectivity index (χ1v) is 8.48. The molecule has 0 spiro atoms. The Labute approximate surface area is 140 Å². The first kappa shape index (κ1) is 15.9. The summed E-state index contributed by atoms with van der Waals surface area (Å²) in [6, 6.07) is 3.73. The number of carbonyl (C=O) groups excluding carboxylic acids is 1. The topological polar surface area (TPSA) is 52.6 Å². The van der Waals surface area contributed by atoms with E-state index in [1.165, 1.54) is 0 Å². The number of urea groups is 1. The number of nitrogens with zero attached hydrogens (tertiary/aromatic N) is 1. The average Bonchev–Trinajstić information content (AvgIpc) is 2.94. The summed E-state index contributed by atoms with van der Waals surface area (Å²) in [5, 5.41) is 13.4. The maximum absolute atomic E-state index is 12.4. The van der Waals surface area contributed by atoms with E-state index >= 15 is 0 Å². The molecule has 1 atom stereocenters. The van der Waals surface area contributed by atoms with Crippen LogP contribution in [0.5, 0.6) is 0 Å². The largest absolute Gasteiger partial charge is 0.396 e. The van der Waals surface area contributed by atoms with Crippen LogP contribution in [0.3, 0.4) is 0 Å². The summed E-state index contributed by atoms with van der Waals surface area (Å²) in [5.74, 6) is 0.331. The lowest BCUT2D eigenvalue weighted by Crippen LogP contribution is -2.45. The van der Waals surface area contributed by atoms with Gasteiger partial charge in [-0.05, 0) is 48.8 Å². The van der Waals surface area contributed by atoms with Gasteiger partial charge in [0.1, 0.15) is 0 Å². The predicted octanol–water partition coefficient (Wildman–Crippen LogP) is 3.39. The predicted molar refractivity (Wildman–Crippen MR) is 87.4 cm³/mol. The van der Waals surface area contributed by atoms with Crippen molar-refractivity contribution in [3.63, 3.8) is 0 Å². The van der Waals surface area contributed by atoms with Crippen LogP contribution >= 0.6 is 23.2 Å². The minimum atomic E-state index is -0.0275. The molecule has 1 saturated heterocycles.